The number of hydrogen-bond donors (Lipinski definition) is 0. The third-order valence-corrected chi connectivity index (χ3v) is 6.20. The van der Waals surface area contributed by atoms with Crippen LogP contribution in [0.1, 0.15) is 25.6 Å². The molecule has 0 aliphatic heterocycles. The molecule has 6 rings (SSSR count). The van der Waals surface area contributed by atoms with E-state index in [1.54, 1.807) is 0 Å². The standard InChI is InChI=1S/C32H24N2O2/c1-3-5-31-33-27-19-25(15-17-29(27)35-31)23-11-7-21(8-12-23)22-9-13-24(14-10-22)26-16-18-30-28(20-26)34-32(36-30)6-4-2/h3-20H,1-2H3. The highest BCUT2D eigenvalue weighted by atomic mass is 16.4. The van der Waals surface area contributed by atoms with Gasteiger partial charge in [0.15, 0.2) is 11.2 Å². The second kappa shape index (κ2) is 9.16. The summed E-state index contributed by atoms with van der Waals surface area (Å²) < 4.78 is 11.5. The lowest BCUT2D eigenvalue weighted by Crippen LogP contribution is -1.83. The molecule has 0 saturated heterocycles. The third kappa shape index (κ3) is 4.14. The SMILES string of the molecule is CC=Cc1nc2cc(-c3ccc(-c4ccc(-c5ccc6oc(C=CC)nc6c5)cc4)cc3)ccc2o1. The van der Waals surface area contributed by atoms with E-state index < -0.39 is 0 Å². The molecule has 4 aromatic carbocycles. The Kier molecular flexibility index (Phi) is 5.55. The predicted octanol–water partition coefficient (Wildman–Crippen LogP) is 9.04. The molecule has 2 aromatic heterocycles. The molecule has 174 valence electrons. The van der Waals surface area contributed by atoms with Crippen LogP contribution >= 0.6 is 0 Å². The number of fused-ring (bicyclic) bond motifs is 2. The summed E-state index contributed by atoms with van der Waals surface area (Å²) in [6, 6.07) is 29.5. The van der Waals surface area contributed by atoms with E-state index in [2.05, 4.69) is 82.8 Å². The van der Waals surface area contributed by atoms with Crippen LogP contribution < -0.4 is 0 Å². The van der Waals surface area contributed by atoms with Crippen molar-refractivity contribution < 1.29 is 8.83 Å². The zero-order chi connectivity index (χ0) is 24.5. The van der Waals surface area contributed by atoms with Gasteiger partial charge in [0, 0.05) is 0 Å². The van der Waals surface area contributed by atoms with Gasteiger partial charge < -0.3 is 8.83 Å². The van der Waals surface area contributed by atoms with Gasteiger partial charge in [0.25, 0.3) is 0 Å². The Balaban J connectivity index is 1.24. The quantitative estimate of drug-likeness (QED) is 0.253. The molecule has 2 heterocycles. The highest BCUT2D eigenvalue weighted by Crippen LogP contribution is 2.30. The summed E-state index contributed by atoms with van der Waals surface area (Å²) >= 11 is 0. The molecule has 0 bridgehead atoms. The molecule has 0 spiro atoms. The molecular weight excluding hydrogens is 444 g/mol. The van der Waals surface area contributed by atoms with Gasteiger partial charge in [-0.25, -0.2) is 9.97 Å². The Morgan fingerprint density at radius 2 is 0.806 bits per heavy atom. The lowest BCUT2D eigenvalue weighted by Gasteiger charge is -2.07. The fraction of sp³-hybridized carbons (Fsp3) is 0.0625. The normalized spacial score (nSPS) is 11.9. The number of allylic oxidation sites excluding steroid dienone is 2. The van der Waals surface area contributed by atoms with Crippen molar-refractivity contribution in [3.8, 4) is 33.4 Å². The number of hydrogen-bond acceptors (Lipinski definition) is 4. The molecule has 4 heteroatoms. The average molecular weight is 469 g/mol. The van der Waals surface area contributed by atoms with Crippen LogP contribution in [0.15, 0.2) is 106 Å². The summed E-state index contributed by atoms with van der Waals surface area (Å²) in [6.45, 7) is 3.90. The van der Waals surface area contributed by atoms with Crippen LogP contribution in [0.5, 0.6) is 0 Å². The smallest absolute Gasteiger partial charge is 0.219 e. The Labute approximate surface area is 209 Å². The third-order valence-electron chi connectivity index (χ3n) is 6.20. The van der Waals surface area contributed by atoms with E-state index in [1.807, 2.05) is 50.3 Å². The minimum atomic E-state index is 0.628. The largest absolute Gasteiger partial charge is 0.437 e. The first-order valence-corrected chi connectivity index (χ1v) is 12.0. The Hall–Kier alpha value is -4.70. The molecular formula is C32H24N2O2. The van der Waals surface area contributed by atoms with Crippen LogP contribution in [0.3, 0.4) is 0 Å². The van der Waals surface area contributed by atoms with Crippen molar-refractivity contribution in [1.29, 1.82) is 0 Å². The maximum absolute atomic E-state index is 5.74. The van der Waals surface area contributed by atoms with Crippen molar-refractivity contribution in [2.45, 2.75) is 13.8 Å². The zero-order valence-corrected chi connectivity index (χ0v) is 20.1. The Morgan fingerprint density at radius 3 is 1.17 bits per heavy atom. The molecule has 4 nitrogen and oxygen atoms in total. The fourth-order valence-electron chi connectivity index (χ4n) is 4.39. The van der Waals surface area contributed by atoms with Crippen molar-refractivity contribution in [3.05, 3.63) is 109 Å². The fourth-order valence-corrected chi connectivity index (χ4v) is 4.39. The predicted molar refractivity (Wildman–Crippen MR) is 147 cm³/mol. The molecule has 0 saturated carbocycles. The molecule has 0 aliphatic carbocycles. The first kappa shape index (κ1) is 21.8. The van der Waals surface area contributed by atoms with Crippen LogP contribution in [0, 0.1) is 0 Å². The minimum Gasteiger partial charge on any atom is -0.437 e. The topological polar surface area (TPSA) is 52.1 Å². The average Bonchev–Trinajstić information content (AvgIpc) is 3.51. The van der Waals surface area contributed by atoms with Crippen molar-refractivity contribution in [2.24, 2.45) is 0 Å². The molecule has 36 heavy (non-hydrogen) atoms. The molecule has 0 unspecified atom stereocenters. The Bertz CT molecular complexity index is 1600. The summed E-state index contributed by atoms with van der Waals surface area (Å²) in [7, 11) is 0. The maximum Gasteiger partial charge on any atom is 0.219 e. The van der Waals surface area contributed by atoms with Gasteiger partial charge in [-0.15, -0.1) is 0 Å². The second-order valence-corrected chi connectivity index (χ2v) is 8.62. The van der Waals surface area contributed by atoms with Gasteiger partial charge in [-0.2, -0.15) is 0 Å². The number of nitrogens with zero attached hydrogens (tertiary/aromatic N) is 2. The maximum atomic E-state index is 5.74. The molecule has 0 fully saturated rings. The molecule has 0 radical (unpaired) electrons. The molecule has 0 atom stereocenters. The van der Waals surface area contributed by atoms with Crippen molar-refractivity contribution in [3.63, 3.8) is 0 Å². The highest BCUT2D eigenvalue weighted by molar-refractivity contribution is 5.83. The first-order chi connectivity index (χ1) is 17.7. The van der Waals surface area contributed by atoms with E-state index in [0.29, 0.717) is 11.8 Å². The van der Waals surface area contributed by atoms with E-state index in [9.17, 15) is 0 Å². The summed E-state index contributed by atoms with van der Waals surface area (Å²) in [5.41, 5.74) is 10.2. The number of aromatic nitrogens is 2. The number of oxazole rings is 2. The summed E-state index contributed by atoms with van der Waals surface area (Å²) in [5.74, 6) is 1.26. The second-order valence-electron chi connectivity index (χ2n) is 8.62. The van der Waals surface area contributed by atoms with Gasteiger partial charge in [0.05, 0.1) is 0 Å². The van der Waals surface area contributed by atoms with Gasteiger partial charge in [-0.3, -0.25) is 0 Å². The lowest BCUT2D eigenvalue weighted by atomic mass is 9.98. The molecule has 0 aliphatic rings. The monoisotopic (exact) mass is 468 g/mol. The molecule has 0 amide bonds. The zero-order valence-electron chi connectivity index (χ0n) is 20.1. The Morgan fingerprint density at radius 1 is 0.472 bits per heavy atom. The van der Waals surface area contributed by atoms with E-state index in [0.717, 1.165) is 44.5 Å². The van der Waals surface area contributed by atoms with Gasteiger partial charge in [0.1, 0.15) is 11.0 Å². The van der Waals surface area contributed by atoms with Crippen molar-refractivity contribution in [2.75, 3.05) is 0 Å². The van der Waals surface area contributed by atoms with E-state index in [4.69, 9.17) is 8.83 Å². The van der Waals surface area contributed by atoms with Crippen LogP contribution in [0.2, 0.25) is 0 Å². The van der Waals surface area contributed by atoms with Crippen LogP contribution in [0.25, 0.3) is 67.7 Å². The van der Waals surface area contributed by atoms with Crippen LogP contribution in [0.4, 0.5) is 0 Å². The van der Waals surface area contributed by atoms with Gasteiger partial charge >= 0.3 is 0 Å². The van der Waals surface area contributed by atoms with E-state index in [-0.39, 0.29) is 0 Å². The minimum absolute atomic E-state index is 0.628. The van der Waals surface area contributed by atoms with Crippen molar-refractivity contribution >= 4 is 34.4 Å². The molecule has 6 aromatic rings. The summed E-state index contributed by atoms with van der Waals surface area (Å²) in [5, 5.41) is 0. The van der Waals surface area contributed by atoms with Gasteiger partial charge in [-0.05, 0) is 83.6 Å². The lowest BCUT2D eigenvalue weighted by molar-refractivity contribution is 0.589. The van der Waals surface area contributed by atoms with Gasteiger partial charge in [-0.1, -0.05) is 72.8 Å². The van der Waals surface area contributed by atoms with Crippen LogP contribution in [-0.4, -0.2) is 9.97 Å². The van der Waals surface area contributed by atoms with E-state index in [1.165, 1.54) is 11.1 Å². The highest BCUT2D eigenvalue weighted by Gasteiger charge is 2.08. The van der Waals surface area contributed by atoms with Crippen LogP contribution in [-0.2, 0) is 0 Å². The number of benzene rings is 4. The summed E-state index contributed by atoms with van der Waals surface area (Å²) in [6.07, 6.45) is 7.58. The summed E-state index contributed by atoms with van der Waals surface area (Å²) in [4.78, 5) is 9.10. The first-order valence-electron chi connectivity index (χ1n) is 12.0. The van der Waals surface area contributed by atoms with Crippen molar-refractivity contribution in [1.82, 2.24) is 9.97 Å². The number of rotatable bonds is 5. The van der Waals surface area contributed by atoms with Gasteiger partial charge in [0.2, 0.25) is 11.8 Å². The molecule has 0 N–H and O–H groups in total. The van der Waals surface area contributed by atoms with E-state index >= 15 is 0 Å².